The molecule has 0 saturated carbocycles. The number of carbonyl (C=O) groups is 3. The van der Waals surface area contributed by atoms with Crippen LogP contribution in [0.25, 0.3) is 0 Å². The van der Waals surface area contributed by atoms with E-state index < -0.39 is 5.97 Å². The monoisotopic (exact) mass is 299 g/mol. The summed E-state index contributed by atoms with van der Waals surface area (Å²) in [7, 11) is 0. The third-order valence-electron chi connectivity index (χ3n) is 3.78. The summed E-state index contributed by atoms with van der Waals surface area (Å²) in [5.41, 5.74) is 0. The van der Waals surface area contributed by atoms with E-state index in [1.807, 2.05) is 13.8 Å². The molecule has 1 saturated heterocycles. The molecule has 3 N–H and O–H groups in total. The number of nitrogens with zero attached hydrogens (tertiary/aromatic N) is 1. The van der Waals surface area contributed by atoms with E-state index in [1.54, 1.807) is 4.90 Å². The average molecular weight is 299 g/mol. The summed E-state index contributed by atoms with van der Waals surface area (Å²) in [6.07, 6.45) is 2.09. The van der Waals surface area contributed by atoms with Gasteiger partial charge >= 0.3 is 12.0 Å². The standard InChI is InChI=1S/C14H25N3O4/c1-3-10(2)16-12(18)4-7-15-14(21)17-8-5-11(6-9-17)13(19)20/h10-11H,3-9H2,1-2H3,(H,15,21)(H,16,18)(H,19,20). The van der Waals surface area contributed by atoms with Crippen LogP contribution in [0.1, 0.15) is 39.5 Å². The minimum atomic E-state index is -0.795. The van der Waals surface area contributed by atoms with Gasteiger partial charge in [0.05, 0.1) is 5.92 Å². The molecule has 0 spiro atoms. The van der Waals surface area contributed by atoms with E-state index >= 15 is 0 Å². The predicted molar refractivity (Wildman–Crippen MR) is 77.8 cm³/mol. The van der Waals surface area contributed by atoms with Gasteiger partial charge in [-0.25, -0.2) is 4.79 Å². The lowest BCUT2D eigenvalue weighted by Gasteiger charge is -2.30. The number of nitrogens with one attached hydrogen (secondary N) is 2. The van der Waals surface area contributed by atoms with Gasteiger partial charge in [0, 0.05) is 32.1 Å². The highest BCUT2D eigenvalue weighted by Crippen LogP contribution is 2.17. The molecular formula is C14H25N3O4. The van der Waals surface area contributed by atoms with Crippen molar-refractivity contribution in [2.45, 2.75) is 45.6 Å². The van der Waals surface area contributed by atoms with Crippen molar-refractivity contribution >= 4 is 17.9 Å². The van der Waals surface area contributed by atoms with Crippen molar-refractivity contribution in [3.8, 4) is 0 Å². The number of piperidine rings is 1. The number of amides is 3. The van der Waals surface area contributed by atoms with Crippen molar-refractivity contribution in [1.29, 1.82) is 0 Å². The Morgan fingerprint density at radius 2 is 1.90 bits per heavy atom. The molecule has 0 bridgehead atoms. The number of aliphatic carboxylic acids is 1. The molecule has 0 radical (unpaired) electrons. The highest BCUT2D eigenvalue weighted by atomic mass is 16.4. The summed E-state index contributed by atoms with van der Waals surface area (Å²) < 4.78 is 0. The van der Waals surface area contributed by atoms with Gasteiger partial charge in [-0.2, -0.15) is 0 Å². The number of carboxylic acids is 1. The molecule has 0 aromatic heterocycles. The van der Waals surface area contributed by atoms with Crippen molar-refractivity contribution < 1.29 is 19.5 Å². The molecule has 1 atom stereocenters. The molecule has 120 valence electrons. The number of carboxylic acid groups (broad SMARTS) is 1. The van der Waals surface area contributed by atoms with Gasteiger partial charge in [0.1, 0.15) is 0 Å². The molecule has 1 heterocycles. The third-order valence-corrected chi connectivity index (χ3v) is 3.78. The Labute approximate surface area is 125 Å². The number of carbonyl (C=O) groups excluding carboxylic acids is 2. The molecule has 21 heavy (non-hydrogen) atoms. The first kappa shape index (κ1) is 17.3. The largest absolute Gasteiger partial charge is 0.481 e. The fourth-order valence-corrected chi connectivity index (χ4v) is 2.17. The number of rotatable bonds is 6. The Balaban J connectivity index is 2.20. The topological polar surface area (TPSA) is 98.7 Å². The predicted octanol–water partition coefficient (Wildman–Crippen LogP) is 0.797. The fraction of sp³-hybridized carbons (Fsp3) is 0.786. The highest BCUT2D eigenvalue weighted by Gasteiger charge is 2.26. The van der Waals surface area contributed by atoms with E-state index in [1.165, 1.54) is 0 Å². The van der Waals surface area contributed by atoms with Gasteiger partial charge in [-0.1, -0.05) is 6.92 Å². The Morgan fingerprint density at radius 1 is 1.29 bits per heavy atom. The van der Waals surface area contributed by atoms with E-state index in [0.29, 0.717) is 32.5 Å². The molecule has 1 aliphatic heterocycles. The van der Waals surface area contributed by atoms with Crippen LogP contribution in [-0.4, -0.2) is 53.6 Å². The van der Waals surface area contributed by atoms with Crippen molar-refractivity contribution in [3.63, 3.8) is 0 Å². The molecule has 7 heteroatoms. The molecule has 1 fully saturated rings. The Hall–Kier alpha value is -1.79. The zero-order valence-electron chi connectivity index (χ0n) is 12.7. The summed E-state index contributed by atoms with van der Waals surface area (Å²) in [6.45, 7) is 5.11. The van der Waals surface area contributed by atoms with Crippen LogP contribution in [0.2, 0.25) is 0 Å². The van der Waals surface area contributed by atoms with Crippen LogP contribution in [0.5, 0.6) is 0 Å². The molecule has 1 aliphatic rings. The summed E-state index contributed by atoms with van der Waals surface area (Å²) in [4.78, 5) is 35.8. The Morgan fingerprint density at radius 3 is 2.43 bits per heavy atom. The molecule has 0 aromatic rings. The van der Waals surface area contributed by atoms with Gasteiger partial charge in [0.25, 0.3) is 0 Å². The second-order valence-electron chi connectivity index (χ2n) is 5.46. The smallest absolute Gasteiger partial charge is 0.317 e. The second kappa shape index (κ2) is 8.49. The zero-order valence-corrected chi connectivity index (χ0v) is 12.7. The van der Waals surface area contributed by atoms with Gasteiger partial charge in [-0.15, -0.1) is 0 Å². The van der Waals surface area contributed by atoms with Crippen molar-refractivity contribution in [2.24, 2.45) is 5.92 Å². The van der Waals surface area contributed by atoms with E-state index in [0.717, 1.165) is 6.42 Å². The molecule has 1 rings (SSSR count). The quantitative estimate of drug-likeness (QED) is 0.675. The maximum atomic E-state index is 11.9. The van der Waals surface area contributed by atoms with Crippen molar-refractivity contribution in [1.82, 2.24) is 15.5 Å². The van der Waals surface area contributed by atoms with Crippen molar-refractivity contribution in [3.05, 3.63) is 0 Å². The number of hydrogen-bond donors (Lipinski definition) is 3. The van der Waals surface area contributed by atoms with Crippen molar-refractivity contribution in [2.75, 3.05) is 19.6 Å². The lowest BCUT2D eigenvalue weighted by Crippen LogP contribution is -2.46. The first-order chi connectivity index (χ1) is 9.93. The van der Waals surface area contributed by atoms with E-state index in [2.05, 4.69) is 10.6 Å². The first-order valence-corrected chi connectivity index (χ1v) is 7.49. The van der Waals surface area contributed by atoms with Crippen LogP contribution in [0.3, 0.4) is 0 Å². The normalized spacial score (nSPS) is 17.1. The molecule has 0 aliphatic carbocycles. The van der Waals surface area contributed by atoms with Gasteiger partial charge in [-0.05, 0) is 26.2 Å². The summed E-state index contributed by atoms with van der Waals surface area (Å²) in [5.74, 6) is -1.22. The number of urea groups is 1. The summed E-state index contributed by atoms with van der Waals surface area (Å²) >= 11 is 0. The number of likely N-dealkylation sites (tertiary alicyclic amines) is 1. The van der Waals surface area contributed by atoms with E-state index in [-0.39, 0.29) is 30.3 Å². The van der Waals surface area contributed by atoms with Crippen LogP contribution in [-0.2, 0) is 9.59 Å². The number of hydrogen-bond acceptors (Lipinski definition) is 3. The SMILES string of the molecule is CCC(C)NC(=O)CCNC(=O)N1CCC(C(=O)O)CC1. The highest BCUT2D eigenvalue weighted by molar-refractivity contribution is 5.78. The van der Waals surface area contributed by atoms with E-state index in [9.17, 15) is 14.4 Å². The average Bonchev–Trinajstić information content (AvgIpc) is 2.46. The first-order valence-electron chi connectivity index (χ1n) is 7.49. The van der Waals surface area contributed by atoms with Gasteiger partial charge < -0.3 is 20.6 Å². The maximum absolute atomic E-state index is 11.9. The molecule has 1 unspecified atom stereocenters. The van der Waals surface area contributed by atoms with Crippen LogP contribution in [0, 0.1) is 5.92 Å². The molecule has 0 aromatic carbocycles. The lowest BCUT2D eigenvalue weighted by molar-refractivity contribution is -0.143. The van der Waals surface area contributed by atoms with Crippen LogP contribution in [0.15, 0.2) is 0 Å². The zero-order chi connectivity index (χ0) is 15.8. The molecule has 3 amide bonds. The molecular weight excluding hydrogens is 274 g/mol. The molecule has 7 nitrogen and oxygen atoms in total. The lowest BCUT2D eigenvalue weighted by atomic mass is 9.97. The fourth-order valence-electron chi connectivity index (χ4n) is 2.17. The van der Waals surface area contributed by atoms with Crippen LogP contribution in [0.4, 0.5) is 4.79 Å². The maximum Gasteiger partial charge on any atom is 0.317 e. The Kier molecular flexibility index (Phi) is 6.98. The second-order valence-corrected chi connectivity index (χ2v) is 5.46. The summed E-state index contributed by atoms with van der Waals surface area (Å²) in [6, 6.07) is -0.0848. The minimum Gasteiger partial charge on any atom is -0.481 e. The van der Waals surface area contributed by atoms with Gasteiger partial charge in [-0.3, -0.25) is 9.59 Å². The minimum absolute atomic E-state index is 0.0748. The van der Waals surface area contributed by atoms with Gasteiger partial charge in [0.15, 0.2) is 0 Å². The Bertz CT molecular complexity index is 378. The van der Waals surface area contributed by atoms with Crippen LogP contribution < -0.4 is 10.6 Å². The van der Waals surface area contributed by atoms with Gasteiger partial charge in [0.2, 0.25) is 5.91 Å². The summed E-state index contributed by atoms with van der Waals surface area (Å²) in [5, 5.41) is 14.4. The third kappa shape index (κ3) is 6.01. The van der Waals surface area contributed by atoms with Crippen LogP contribution >= 0.6 is 0 Å². The van der Waals surface area contributed by atoms with E-state index in [4.69, 9.17) is 5.11 Å².